The first-order valence-electron chi connectivity index (χ1n) is 6.72. The third-order valence-corrected chi connectivity index (χ3v) is 3.64. The summed E-state index contributed by atoms with van der Waals surface area (Å²) in [5, 5.41) is 13.1. The van der Waals surface area contributed by atoms with Gasteiger partial charge in [0.15, 0.2) is 0 Å². The average Bonchev–Trinajstić information content (AvgIpc) is 2.82. The molecule has 2 rings (SSSR count). The number of hydrogen-bond acceptors (Lipinski definition) is 6. The Balaban J connectivity index is 2.36. The molecule has 5 nitrogen and oxygen atoms in total. The van der Waals surface area contributed by atoms with Crippen LogP contribution in [0.3, 0.4) is 0 Å². The molecule has 110 valence electrons. The van der Waals surface area contributed by atoms with Gasteiger partial charge in [-0.1, -0.05) is 0 Å². The van der Waals surface area contributed by atoms with Gasteiger partial charge in [-0.25, -0.2) is 0 Å². The zero-order chi connectivity index (χ0) is 15.2. The summed E-state index contributed by atoms with van der Waals surface area (Å²) in [6.45, 7) is 6.84. The topological polar surface area (TPSA) is 67.2 Å². The van der Waals surface area contributed by atoms with E-state index in [2.05, 4.69) is 15.8 Å². The van der Waals surface area contributed by atoms with E-state index in [0.29, 0.717) is 23.8 Å². The zero-order valence-corrected chi connectivity index (χ0v) is 13.1. The van der Waals surface area contributed by atoms with Crippen molar-refractivity contribution in [3.63, 3.8) is 0 Å². The standard InChI is InChI=1S/C15H17N3O2S/c1-4-19-11-6-7-14(20-5-2)13(8-11)17-15-12(9-16)10(3)18-21-15/h6-8,17H,4-5H2,1-3H3. The van der Waals surface area contributed by atoms with Crippen LogP contribution >= 0.6 is 11.5 Å². The zero-order valence-electron chi connectivity index (χ0n) is 12.3. The van der Waals surface area contributed by atoms with Crippen molar-refractivity contribution in [2.75, 3.05) is 18.5 Å². The Bertz CT molecular complexity index is 661. The molecule has 0 aliphatic rings. The molecule has 0 unspecified atom stereocenters. The van der Waals surface area contributed by atoms with Crippen molar-refractivity contribution in [2.45, 2.75) is 20.8 Å². The summed E-state index contributed by atoms with van der Waals surface area (Å²) in [4.78, 5) is 0. The van der Waals surface area contributed by atoms with Crippen LogP contribution in [0, 0.1) is 18.3 Å². The van der Waals surface area contributed by atoms with Crippen LogP contribution in [0.1, 0.15) is 25.1 Å². The van der Waals surface area contributed by atoms with E-state index in [1.807, 2.05) is 39.0 Å². The van der Waals surface area contributed by atoms with Crippen molar-refractivity contribution in [3.8, 4) is 17.6 Å². The van der Waals surface area contributed by atoms with Gasteiger partial charge in [0.05, 0.1) is 24.6 Å². The predicted molar refractivity (Wildman–Crippen MR) is 83.6 cm³/mol. The molecule has 0 amide bonds. The van der Waals surface area contributed by atoms with Crippen LogP contribution in [-0.4, -0.2) is 17.6 Å². The van der Waals surface area contributed by atoms with Gasteiger partial charge in [-0.15, -0.1) is 0 Å². The van der Waals surface area contributed by atoms with Gasteiger partial charge in [0.25, 0.3) is 0 Å². The Morgan fingerprint density at radius 1 is 1.29 bits per heavy atom. The number of benzene rings is 1. The first-order chi connectivity index (χ1) is 10.2. The highest BCUT2D eigenvalue weighted by Crippen LogP contribution is 2.35. The Morgan fingerprint density at radius 2 is 2.05 bits per heavy atom. The minimum atomic E-state index is 0.560. The predicted octanol–water partition coefficient (Wildman–Crippen LogP) is 3.86. The van der Waals surface area contributed by atoms with Crippen LogP contribution < -0.4 is 14.8 Å². The third kappa shape index (κ3) is 3.44. The van der Waals surface area contributed by atoms with E-state index in [4.69, 9.17) is 9.47 Å². The molecule has 0 saturated heterocycles. The monoisotopic (exact) mass is 303 g/mol. The number of nitrogens with zero attached hydrogens (tertiary/aromatic N) is 2. The van der Waals surface area contributed by atoms with E-state index in [1.54, 1.807) is 0 Å². The summed E-state index contributed by atoms with van der Waals surface area (Å²) in [7, 11) is 0. The molecule has 0 aliphatic heterocycles. The second-order valence-electron chi connectivity index (χ2n) is 4.23. The van der Waals surface area contributed by atoms with E-state index in [-0.39, 0.29) is 0 Å². The quantitative estimate of drug-likeness (QED) is 0.877. The molecule has 0 aliphatic carbocycles. The molecule has 1 heterocycles. The lowest BCUT2D eigenvalue weighted by atomic mass is 10.2. The molecule has 2 aromatic rings. The van der Waals surface area contributed by atoms with E-state index in [9.17, 15) is 5.26 Å². The fraction of sp³-hybridized carbons (Fsp3) is 0.333. The van der Waals surface area contributed by atoms with Gasteiger partial charge in [-0.2, -0.15) is 9.64 Å². The molecule has 0 atom stereocenters. The van der Waals surface area contributed by atoms with Gasteiger partial charge in [0.2, 0.25) is 0 Å². The molecule has 1 aromatic carbocycles. The smallest absolute Gasteiger partial charge is 0.143 e. The average molecular weight is 303 g/mol. The fourth-order valence-corrected chi connectivity index (χ4v) is 2.61. The lowest BCUT2D eigenvalue weighted by Gasteiger charge is -2.13. The van der Waals surface area contributed by atoms with E-state index < -0.39 is 0 Å². The largest absolute Gasteiger partial charge is 0.494 e. The van der Waals surface area contributed by atoms with E-state index >= 15 is 0 Å². The molecular weight excluding hydrogens is 286 g/mol. The first kappa shape index (κ1) is 15.1. The Kier molecular flexibility index (Phi) is 5.01. The highest BCUT2D eigenvalue weighted by atomic mass is 32.1. The maximum Gasteiger partial charge on any atom is 0.143 e. The molecule has 1 aromatic heterocycles. The summed E-state index contributed by atoms with van der Waals surface area (Å²) in [6.07, 6.45) is 0. The second-order valence-corrected chi connectivity index (χ2v) is 5.01. The normalized spacial score (nSPS) is 10.0. The minimum absolute atomic E-state index is 0.560. The van der Waals surface area contributed by atoms with Crippen LogP contribution in [0.15, 0.2) is 18.2 Å². The van der Waals surface area contributed by atoms with Crippen molar-refractivity contribution in [2.24, 2.45) is 0 Å². The molecule has 0 fully saturated rings. The highest BCUT2D eigenvalue weighted by Gasteiger charge is 2.13. The summed E-state index contributed by atoms with van der Waals surface area (Å²) < 4.78 is 15.3. The number of aryl methyl sites for hydroxylation is 1. The van der Waals surface area contributed by atoms with Crippen LogP contribution in [-0.2, 0) is 0 Å². The highest BCUT2D eigenvalue weighted by molar-refractivity contribution is 7.10. The number of nitriles is 1. The lowest BCUT2D eigenvalue weighted by Crippen LogP contribution is -1.99. The number of ether oxygens (including phenoxy) is 2. The van der Waals surface area contributed by atoms with Gasteiger partial charge < -0.3 is 14.8 Å². The van der Waals surface area contributed by atoms with Crippen LogP contribution in [0.25, 0.3) is 0 Å². The van der Waals surface area contributed by atoms with Crippen molar-refractivity contribution in [1.82, 2.24) is 4.37 Å². The second kappa shape index (κ2) is 6.95. The number of anilines is 2. The fourth-order valence-electron chi connectivity index (χ4n) is 1.85. The van der Waals surface area contributed by atoms with Crippen LogP contribution in [0.2, 0.25) is 0 Å². The van der Waals surface area contributed by atoms with Gasteiger partial charge in [0, 0.05) is 6.07 Å². The summed E-state index contributed by atoms with van der Waals surface area (Å²) >= 11 is 1.26. The van der Waals surface area contributed by atoms with Crippen molar-refractivity contribution in [1.29, 1.82) is 5.26 Å². The Hall–Kier alpha value is -2.26. The van der Waals surface area contributed by atoms with E-state index in [1.165, 1.54) is 11.5 Å². The maximum absolute atomic E-state index is 9.20. The number of aromatic nitrogens is 1. The number of hydrogen-bond donors (Lipinski definition) is 1. The van der Waals surface area contributed by atoms with Gasteiger partial charge in [-0.05, 0) is 44.4 Å². The number of rotatable bonds is 6. The van der Waals surface area contributed by atoms with E-state index in [0.717, 1.165) is 22.9 Å². The summed E-state index contributed by atoms with van der Waals surface area (Å²) in [5.74, 6) is 1.47. The van der Waals surface area contributed by atoms with Crippen LogP contribution in [0.5, 0.6) is 11.5 Å². The molecule has 6 heteroatoms. The molecule has 0 bridgehead atoms. The summed E-state index contributed by atoms with van der Waals surface area (Å²) in [6, 6.07) is 7.76. The minimum Gasteiger partial charge on any atom is -0.494 e. The first-order valence-corrected chi connectivity index (χ1v) is 7.50. The molecule has 1 N–H and O–H groups in total. The SMILES string of the molecule is CCOc1ccc(OCC)c(Nc2snc(C)c2C#N)c1. The molecule has 21 heavy (non-hydrogen) atoms. The lowest BCUT2D eigenvalue weighted by molar-refractivity contribution is 0.332. The molecular formula is C15H17N3O2S. The van der Waals surface area contributed by atoms with Crippen molar-refractivity contribution >= 4 is 22.2 Å². The Morgan fingerprint density at radius 3 is 2.71 bits per heavy atom. The van der Waals surface area contributed by atoms with Gasteiger partial charge in [-0.3, -0.25) is 0 Å². The molecule has 0 radical (unpaired) electrons. The summed E-state index contributed by atoms with van der Waals surface area (Å²) in [5.41, 5.74) is 2.05. The van der Waals surface area contributed by atoms with Crippen LogP contribution in [0.4, 0.5) is 10.7 Å². The number of nitrogens with one attached hydrogen (secondary N) is 1. The van der Waals surface area contributed by atoms with Gasteiger partial charge >= 0.3 is 0 Å². The maximum atomic E-state index is 9.20. The van der Waals surface area contributed by atoms with Gasteiger partial charge in [0.1, 0.15) is 28.1 Å². The third-order valence-electron chi connectivity index (χ3n) is 2.78. The van der Waals surface area contributed by atoms with Crippen molar-refractivity contribution in [3.05, 3.63) is 29.5 Å². The van der Waals surface area contributed by atoms with Crippen molar-refractivity contribution < 1.29 is 9.47 Å². The molecule has 0 saturated carbocycles. The Labute approximate surface area is 128 Å². The molecule has 0 spiro atoms.